The van der Waals surface area contributed by atoms with Gasteiger partial charge in [-0.05, 0) is 54.9 Å². The fraction of sp³-hybridized carbons (Fsp3) is 0.600. The molecule has 0 aliphatic heterocycles. The molecule has 100 valence electrons. The molecule has 1 fully saturated rings. The van der Waals surface area contributed by atoms with Gasteiger partial charge in [-0.3, -0.25) is 0 Å². The Labute approximate surface area is 117 Å². The predicted molar refractivity (Wildman–Crippen MR) is 76.9 cm³/mol. The molecule has 3 heteroatoms. The molecule has 0 heterocycles. The highest BCUT2D eigenvalue weighted by molar-refractivity contribution is 9.10. The lowest BCUT2D eigenvalue weighted by Gasteiger charge is -2.42. The van der Waals surface area contributed by atoms with E-state index in [1.165, 1.54) is 18.9 Å². The Kier molecular flexibility index (Phi) is 4.12. The van der Waals surface area contributed by atoms with E-state index in [9.17, 15) is 4.39 Å². The highest BCUT2D eigenvalue weighted by Crippen LogP contribution is 2.37. The van der Waals surface area contributed by atoms with Gasteiger partial charge in [0.05, 0.1) is 0 Å². The van der Waals surface area contributed by atoms with Gasteiger partial charge in [-0.2, -0.15) is 0 Å². The summed E-state index contributed by atoms with van der Waals surface area (Å²) in [4.78, 5) is 0. The third-order valence-corrected chi connectivity index (χ3v) is 4.72. The molecule has 3 unspecified atom stereocenters. The molecule has 0 aromatic heterocycles. The second kappa shape index (κ2) is 5.30. The van der Waals surface area contributed by atoms with Crippen LogP contribution in [-0.2, 0) is 6.42 Å². The Morgan fingerprint density at radius 3 is 2.72 bits per heavy atom. The molecular weight excluding hydrogens is 293 g/mol. The van der Waals surface area contributed by atoms with Crippen molar-refractivity contribution in [1.29, 1.82) is 0 Å². The van der Waals surface area contributed by atoms with Gasteiger partial charge in [0.25, 0.3) is 0 Å². The van der Waals surface area contributed by atoms with Crippen LogP contribution >= 0.6 is 15.9 Å². The van der Waals surface area contributed by atoms with Gasteiger partial charge in [0.1, 0.15) is 5.82 Å². The lowest BCUT2D eigenvalue weighted by molar-refractivity contribution is 0.161. The van der Waals surface area contributed by atoms with Gasteiger partial charge in [0.2, 0.25) is 0 Å². The zero-order valence-corrected chi connectivity index (χ0v) is 12.6. The van der Waals surface area contributed by atoms with Crippen molar-refractivity contribution in [3.8, 4) is 0 Å². The maximum Gasteiger partial charge on any atom is 0.124 e. The van der Waals surface area contributed by atoms with Crippen LogP contribution in [0.1, 0.15) is 38.7 Å². The van der Waals surface area contributed by atoms with Crippen LogP contribution in [0.15, 0.2) is 22.7 Å². The summed E-state index contributed by atoms with van der Waals surface area (Å²) in [7, 11) is 0. The molecule has 1 nitrogen and oxygen atoms in total. The first-order valence-corrected chi connectivity index (χ1v) is 7.42. The quantitative estimate of drug-likeness (QED) is 0.866. The molecule has 18 heavy (non-hydrogen) atoms. The van der Waals surface area contributed by atoms with Gasteiger partial charge in [-0.25, -0.2) is 4.39 Å². The van der Waals surface area contributed by atoms with Crippen molar-refractivity contribution in [3.63, 3.8) is 0 Å². The molecule has 1 aliphatic rings. The zero-order chi connectivity index (χ0) is 13.3. The monoisotopic (exact) mass is 313 g/mol. The molecule has 1 aromatic carbocycles. The van der Waals surface area contributed by atoms with E-state index in [4.69, 9.17) is 5.73 Å². The molecule has 1 aromatic rings. The SMILES string of the molecule is CC1CCC(C)C(N)(Cc2cc(F)cc(Br)c2)C1. The van der Waals surface area contributed by atoms with Crippen LogP contribution in [0.25, 0.3) is 0 Å². The van der Waals surface area contributed by atoms with E-state index in [0.29, 0.717) is 11.8 Å². The van der Waals surface area contributed by atoms with Crippen molar-refractivity contribution in [2.45, 2.75) is 45.1 Å². The third-order valence-electron chi connectivity index (χ3n) is 4.26. The Morgan fingerprint density at radius 1 is 1.33 bits per heavy atom. The van der Waals surface area contributed by atoms with E-state index >= 15 is 0 Å². The van der Waals surface area contributed by atoms with Crippen molar-refractivity contribution >= 4 is 15.9 Å². The van der Waals surface area contributed by atoms with E-state index < -0.39 is 0 Å². The number of hydrogen-bond acceptors (Lipinski definition) is 1. The van der Waals surface area contributed by atoms with Gasteiger partial charge >= 0.3 is 0 Å². The fourth-order valence-electron chi connectivity index (χ4n) is 3.11. The van der Waals surface area contributed by atoms with Gasteiger partial charge < -0.3 is 5.73 Å². The van der Waals surface area contributed by atoms with Crippen molar-refractivity contribution in [3.05, 3.63) is 34.1 Å². The predicted octanol–water partition coefficient (Wildman–Crippen LogP) is 4.28. The van der Waals surface area contributed by atoms with E-state index in [1.54, 1.807) is 6.07 Å². The summed E-state index contributed by atoms with van der Waals surface area (Å²) in [6, 6.07) is 5.06. The normalized spacial score (nSPS) is 32.5. The topological polar surface area (TPSA) is 26.0 Å². The maximum atomic E-state index is 13.4. The molecule has 0 amide bonds. The van der Waals surface area contributed by atoms with Crippen molar-refractivity contribution in [2.24, 2.45) is 17.6 Å². The summed E-state index contributed by atoms with van der Waals surface area (Å²) in [6.07, 6.45) is 4.22. The van der Waals surface area contributed by atoms with Gasteiger partial charge in [-0.15, -0.1) is 0 Å². The minimum absolute atomic E-state index is 0.190. The summed E-state index contributed by atoms with van der Waals surface area (Å²) < 4.78 is 14.2. The third kappa shape index (κ3) is 3.12. The van der Waals surface area contributed by atoms with E-state index in [-0.39, 0.29) is 11.4 Å². The molecule has 3 atom stereocenters. The molecule has 2 rings (SSSR count). The molecule has 0 radical (unpaired) electrons. The summed E-state index contributed by atoms with van der Waals surface area (Å²) in [5.41, 5.74) is 7.39. The van der Waals surface area contributed by atoms with Crippen LogP contribution in [0.2, 0.25) is 0 Å². The first kappa shape index (κ1) is 14.0. The summed E-state index contributed by atoms with van der Waals surface area (Å²) in [6.45, 7) is 4.48. The van der Waals surface area contributed by atoms with Crippen molar-refractivity contribution in [1.82, 2.24) is 0 Å². The summed E-state index contributed by atoms with van der Waals surface area (Å²) in [5.74, 6) is 0.971. The van der Waals surface area contributed by atoms with Crippen LogP contribution in [0.3, 0.4) is 0 Å². The smallest absolute Gasteiger partial charge is 0.124 e. The van der Waals surface area contributed by atoms with Crippen LogP contribution in [0.5, 0.6) is 0 Å². The highest BCUT2D eigenvalue weighted by atomic mass is 79.9. The molecule has 0 bridgehead atoms. The second-order valence-corrected chi connectivity index (χ2v) is 6.89. The largest absolute Gasteiger partial charge is 0.325 e. The zero-order valence-electron chi connectivity index (χ0n) is 11.0. The van der Waals surface area contributed by atoms with Crippen molar-refractivity contribution < 1.29 is 4.39 Å². The highest BCUT2D eigenvalue weighted by Gasteiger charge is 2.37. The van der Waals surface area contributed by atoms with Crippen LogP contribution in [0.4, 0.5) is 4.39 Å². The number of halogens is 2. The Hall–Kier alpha value is -0.410. The van der Waals surface area contributed by atoms with Crippen LogP contribution in [-0.4, -0.2) is 5.54 Å². The minimum atomic E-state index is -0.195. The minimum Gasteiger partial charge on any atom is -0.325 e. The van der Waals surface area contributed by atoms with E-state index in [2.05, 4.69) is 29.8 Å². The second-order valence-electron chi connectivity index (χ2n) is 5.98. The number of benzene rings is 1. The van der Waals surface area contributed by atoms with Gasteiger partial charge in [-0.1, -0.05) is 36.2 Å². The Balaban J connectivity index is 2.20. The maximum absolute atomic E-state index is 13.4. The summed E-state index contributed by atoms with van der Waals surface area (Å²) in [5, 5.41) is 0. The standard InChI is InChI=1S/C15H21BrFN/c1-10-3-4-11(2)15(18,8-10)9-12-5-13(16)7-14(17)6-12/h5-7,10-11H,3-4,8-9,18H2,1-2H3. The lowest BCUT2D eigenvalue weighted by Crippen LogP contribution is -2.51. The molecule has 0 spiro atoms. The summed E-state index contributed by atoms with van der Waals surface area (Å²) >= 11 is 3.34. The molecule has 1 saturated carbocycles. The lowest BCUT2D eigenvalue weighted by atomic mass is 9.68. The molecule has 1 aliphatic carbocycles. The van der Waals surface area contributed by atoms with Gasteiger partial charge in [0.15, 0.2) is 0 Å². The number of hydrogen-bond donors (Lipinski definition) is 1. The van der Waals surface area contributed by atoms with Crippen molar-refractivity contribution in [2.75, 3.05) is 0 Å². The van der Waals surface area contributed by atoms with Crippen LogP contribution in [0, 0.1) is 17.7 Å². The fourth-order valence-corrected chi connectivity index (χ4v) is 3.63. The average molecular weight is 314 g/mol. The van der Waals surface area contributed by atoms with Crippen LogP contribution < -0.4 is 5.73 Å². The molecule has 2 N–H and O–H groups in total. The Bertz CT molecular complexity index is 414. The Morgan fingerprint density at radius 2 is 2.06 bits per heavy atom. The molecule has 0 saturated heterocycles. The average Bonchev–Trinajstić information content (AvgIpc) is 2.22. The number of nitrogens with two attached hydrogens (primary N) is 1. The first-order valence-electron chi connectivity index (χ1n) is 6.63. The van der Waals surface area contributed by atoms with E-state index in [0.717, 1.165) is 22.9 Å². The van der Waals surface area contributed by atoms with E-state index in [1.807, 2.05) is 6.07 Å². The first-order chi connectivity index (χ1) is 8.39. The number of rotatable bonds is 2. The molecular formula is C15H21BrFN. The van der Waals surface area contributed by atoms with Gasteiger partial charge in [0, 0.05) is 10.0 Å².